The van der Waals surface area contributed by atoms with Crippen LogP contribution in [0.4, 0.5) is 0 Å². The number of nitrogens with one attached hydrogen (secondary N) is 4. The zero-order chi connectivity index (χ0) is 52.7. The Kier molecular flexibility index (Phi) is 25.7. The highest BCUT2D eigenvalue weighted by molar-refractivity contribution is 9.11. The molecule has 0 spiro atoms. The van der Waals surface area contributed by atoms with Crippen molar-refractivity contribution in [3.8, 4) is 34.1 Å². The number of halogens is 4. The summed E-state index contributed by atoms with van der Waals surface area (Å²) < 4.78 is 1.27. The smallest absolute Gasteiger partial charge is 0.269 e. The van der Waals surface area contributed by atoms with Gasteiger partial charge in [-0.3, -0.25) is 19.2 Å². The van der Waals surface area contributed by atoms with Gasteiger partial charge < -0.3 is 62.5 Å². The fourth-order valence-electron chi connectivity index (χ4n) is 6.13. The SMILES string of the molecule is O=C(NCCSSCCNC(=O)/C(Cc1cc(Br)c(O)c(-c2cc(C/C(=N\O)C(=O)NCCSSCCNC(=O)/C(Cc3ccc(O)c(Br)c3)=N/O)cc(Br)c2O)c1)=N/O)/C(Cc1ccc(O)c(Br)c1)=N/O. The lowest BCUT2D eigenvalue weighted by atomic mass is 9.95. The van der Waals surface area contributed by atoms with Gasteiger partial charge in [0.2, 0.25) is 0 Å². The Hall–Kier alpha value is -4.84. The van der Waals surface area contributed by atoms with E-state index in [9.17, 15) is 60.4 Å². The van der Waals surface area contributed by atoms with Crippen LogP contribution in [0, 0.1) is 0 Å². The molecule has 4 aromatic carbocycles. The van der Waals surface area contributed by atoms with Gasteiger partial charge in [-0.2, -0.15) is 0 Å². The molecule has 0 saturated carbocycles. The summed E-state index contributed by atoms with van der Waals surface area (Å²) in [4.78, 5) is 51.0. The van der Waals surface area contributed by atoms with E-state index in [-0.39, 0.29) is 118 Å². The first kappa shape index (κ1) is 59.7. The predicted molar refractivity (Wildman–Crippen MR) is 296 cm³/mol. The number of aromatic hydroxyl groups is 4. The molecule has 4 amide bonds. The van der Waals surface area contributed by atoms with Crippen molar-refractivity contribution in [1.29, 1.82) is 0 Å². The van der Waals surface area contributed by atoms with E-state index in [1.165, 1.54) is 79.6 Å². The van der Waals surface area contributed by atoms with Crippen molar-refractivity contribution in [2.75, 3.05) is 49.2 Å². The molecule has 0 fully saturated rings. The lowest BCUT2D eigenvalue weighted by Gasteiger charge is -2.15. The summed E-state index contributed by atoms with van der Waals surface area (Å²) in [6.07, 6.45) is -0.274. The lowest BCUT2D eigenvalue weighted by Crippen LogP contribution is -2.34. The number of hydrogen-bond donors (Lipinski definition) is 12. The van der Waals surface area contributed by atoms with Crippen LogP contribution in [-0.4, -0.2) is 137 Å². The summed E-state index contributed by atoms with van der Waals surface area (Å²) in [7, 11) is 5.71. The van der Waals surface area contributed by atoms with E-state index in [1.807, 2.05) is 0 Å². The van der Waals surface area contributed by atoms with E-state index in [0.717, 1.165) is 0 Å². The van der Waals surface area contributed by atoms with Crippen LogP contribution in [0.25, 0.3) is 11.1 Å². The molecule has 0 saturated heterocycles. The quantitative estimate of drug-likeness (QED) is 0.00913. The zero-order valence-electron chi connectivity index (χ0n) is 37.4. The number of nitrogens with zero attached hydrogens (tertiary/aromatic N) is 4. The molecule has 386 valence electrons. The number of hydrogen-bond acceptors (Lipinski definition) is 20. The maximum Gasteiger partial charge on any atom is 0.269 e. The molecule has 0 aliphatic heterocycles. The third kappa shape index (κ3) is 18.9. The largest absolute Gasteiger partial charge is 0.507 e. The van der Waals surface area contributed by atoms with Gasteiger partial charge in [0.25, 0.3) is 23.6 Å². The molecular weight excluding hydrogens is 1280 g/mol. The highest BCUT2D eigenvalue weighted by Gasteiger charge is 2.22. The van der Waals surface area contributed by atoms with Crippen molar-refractivity contribution in [1.82, 2.24) is 21.3 Å². The third-order valence-electron chi connectivity index (χ3n) is 9.63. The van der Waals surface area contributed by atoms with Crippen molar-refractivity contribution in [2.24, 2.45) is 20.6 Å². The highest BCUT2D eigenvalue weighted by Crippen LogP contribution is 2.44. The van der Waals surface area contributed by atoms with Crippen molar-refractivity contribution in [2.45, 2.75) is 25.7 Å². The molecule has 28 heteroatoms. The van der Waals surface area contributed by atoms with Gasteiger partial charge in [0.15, 0.2) is 0 Å². The summed E-state index contributed by atoms with van der Waals surface area (Å²) in [5.74, 6) is -0.934. The van der Waals surface area contributed by atoms with E-state index in [2.05, 4.69) is 106 Å². The van der Waals surface area contributed by atoms with Gasteiger partial charge >= 0.3 is 0 Å². The molecule has 0 bridgehead atoms. The molecule has 72 heavy (non-hydrogen) atoms. The number of rotatable bonds is 27. The van der Waals surface area contributed by atoms with Crippen molar-refractivity contribution in [3.05, 3.63) is 101 Å². The number of amides is 4. The van der Waals surface area contributed by atoms with E-state index >= 15 is 0 Å². The monoisotopic (exact) mass is 1320 g/mol. The average molecular weight is 1330 g/mol. The highest BCUT2D eigenvalue weighted by atomic mass is 79.9. The summed E-state index contributed by atoms with van der Waals surface area (Å²) in [5, 5.41) is 103. The lowest BCUT2D eigenvalue weighted by molar-refractivity contribution is -0.115. The van der Waals surface area contributed by atoms with Crippen molar-refractivity contribution < 1.29 is 60.4 Å². The molecule has 0 heterocycles. The van der Waals surface area contributed by atoms with Gasteiger partial charge in [-0.05, 0) is 135 Å². The van der Waals surface area contributed by atoms with Crippen LogP contribution in [0.1, 0.15) is 22.3 Å². The number of phenols is 4. The minimum Gasteiger partial charge on any atom is -0.507 e. The van der Waals surface area contributed by atoms with Crippen LogP contribution in [0.3, 0.4) is 0 Å². The van der Waals surface area contributed by atoms with Crippen LogP contribution < -0.4 is 21.3 Å². The van der Waals surface area contributed by atoms with Crippen molar-refractivity contribution in [3.63, 3.8) is 0 Å². The second-order valence-electron chi connectivity index (χ2n) is 14.7. The average Bonchev–Trinajstić information content (AvgIpc) is 3.36. The molecular formula is C44H46Br4N8O12S4. The number of carbonyl (C=O) groups excluding carboxylic acids is 4. The van der Waals surface area contributed by atoms with Crippen LogP contribution in [0.15, 0.2) is 99.2 Å². The van der Waals surface area contributed by atoms with Crippen LogP contribution in [-0.2, 0) is 44.9 Å². The molecule has 4 rings (SSSR count). The van der Waals surface area contributed by atoms with Crippen LogP contribution >= 0.6 is 107 Å². The van der Waals surface area contributed by atoms with Gasteiger partial charge in [0, 0.05) is 86.0 Å². The fraction of sp³-hybridized carbons (Fsp3) is 0.273. The normalized spacial score (nSPS) is 12.1. The van der Waals surface area contributed by atoms with Crippen LogP contribution in [0.5, 0.6) is 23.0 Å². The fourth-order valence-corrected chi connectivity index (χ4v) is 11.6. The minimum absolute atomic E-state index is 0.0373. The molecule has 0 unspecified atom stereocenters. The number of oxime groups is 4. The first-order valence-electron chi connectivity index (χ1n) is 20.9. The first-order valence-corrected chi connectivity index (χ1v) is 29.1. The van der Waals surface area contributed by atoms with Gasteiger partial charge in [-0.25, -0.2) is 0 Å². The zero-order valence-corrected chi connectivity index (χ0v) is 47.0. The molecule has 4 aromatic rings. The summed E-state index contributed by atoms with van der Waals surface area (Å²) >= 11 is 13.1. The van der Waals surface area contributed by atoms with E-state index in [4.69, 9.17) is 0 Å². The molecule has 0 aliphatic rings. The van der Waals surface area contributed by atoms with Gasteiger partial charge in [0.1, 0.15) is 45.8 Å². The maximum atomic E-state index is 13.0. The second-order valence-corrected chi connectivity index (χ2v) is 23.5. The predicted octanol–water partition coefficient (Wildman–Crippen LogP) is 7.34. The van der Waals surface area contributed by atoms with Gasteiger partial charge in [-0.15, -0.1) is 0 Å². The van der Waals surface area contributed by atoms with Crippen molar-refractivity contribution >= 4 is 153 Å². The molecule has 0 radical (unpaired) electrons. The minimum atomic E-state index is -0.653. The maximum absolute atomic E-state index is 13.0. The Labute approximate surface area is 461 Å². The summed E-state index contributed by atoms with van der Waals surface area (Å²) in [6, 6.07) is 15.4. The van der Waals surface area contributed by atoms with E-state index in [1.54, 1.807) is 24.3 Å². The molecule has 20 nitrogen and oxygen atoms in total. The van der Waals surface area contributed by atoms with E-state index in [0.29, 0.717) is 54.2 Å². The third-order valence-corrected chi connectivity index (χ3v) is 16.9. The molecule has 0 aliphatic carbocycles. The standard InChI is InChI=1S/C44H46Br4N8O12S4/c45-29-15-23(1-3-37(29)57)19-33(53-65)41(61)49-5-9-69-71-11-7-51-43(63)35(55-67)21-25-13-27(39(59)31(47)17-25)28-14-26(18-32(48)40(28)60)22-36(56-68)44(64)52-8-12-72-70-10-6-50-42(62)34(54-66)20-24-2-4-38(58)30(46)16-24/h1-4,13-18,57-60,65-68H,5-12,19-22H2,(H,49,61)(H,50,62)(H,51,63)(H,52,64)/b53-33+,54-34+,55-35+,56-36+. The van der Waals surface area contributed by atoms with E-state index < -0.39 is 23.6 Å². The summed E-state index contributed by atoms with van der Waals surface area (Å²) in [5.41, 5.74) is 1.69. The molecule has 0 aromatic heterocycles. The topological polar surface area (TPSA) is 328 Å². The Bertz CT molecular complexity index is 2540. The molecule has 12 N–H and O–H groups in total. The number of carbonyl (C=O) groups is 4. The Morgan fingerprint density at radius 1 is 0.403 bits per heavy atom. The molecule has 0 atom stereocenters. The van der Waals surface area contributed by atoms with Crippen LogP contribution in [0.2, 0.25) is 0 Å². The summed E-state index contributed by atoms with van der Waals surface area (Å²) in [6.45, 7) is 0.951. The Morgan fingerprint density at radius 3 is 0.931 bits per heavy atom. The second kappa shape index (κ2) is 31.0. The first-order chi connectivity index (χ1) is 34.5. The number of phenolic OH excluding ortho intramolecular Hbond substituents is 4. The Balaban J connectivity index is 1.21. The van der Waals surface area contributed by atoms with Gasteiger partial charge in [0.05, 0.1) is 17.9 Å². The Morgan fingerprint density at radius 2 is 0.667 bits per heavy atom. The number of benzene rings is 4. The van der Waals surface area contributed by atoms with Gasteiger partial charge in [-0.1, -0.05) is 75.9 Å².